The van der Waals surface area contributed by atoms with E-state index >= 15 is 0 Å². The van der Waals surface area contributed by atoms with E-state index in [2.05, 4.69) is 0 Å². The molecule has 0 saturated heterocycles. The van der Waals surface area contributed by atoms with E-state index in [-0.39, 0.29) is 71.2 Å². The molecule has 0 amide bonds. The average molecular weight is 496 g/mol. The molecule has 0 spiro atoms. The van der Waals surface area contributed by atoms with Gasteiger partial charge in [0, 0.05) is 45.3 Å². The third-order valence-corrected chi connectivity index (χ3v) is 0. The molecule has 1 nitrogen and oxygen atoms in total. The second-order valence-corrected chi connectivity index (χ2v) is 0. The molecule has 0 fully saturated rings. The van der Waals surface area contributed by atoms with Gasteiger partial charge in [-0.05, 0) is 0 Å². The third-order valence-electron chi connectivity index (χ3n) is 0. The zero-order valence-electron chi connectivity index (χ0n) is 2.12. The van der Waals surface area contributed by atoms with E-state index in [0.717, 1.165) is 0 Å². The Morgan fingerprint density at radius 3 is 1.20 bits per heavy atom. The zero-order chi connectivity index (χ0) is 2.00. The van der Waals surface area contributed by atoms with Crippen LogP contribution >= 0.6 is 0 Å². The summed E-state index contributed by atoms with van der Waals surface area (Å²) < 4.78 is 8.34. The van der Waals surface area contributed by atoms with Crippen molar-refractivity contribution in [1.82, 2.24) is 0 Å². The van der Waals surface area contributed by atoms with Gasteiger partial charge in [-0.25, -0.2) is 0 Å². The van der Waals surface area contributed by atoms with E-state index in [1.165, 1.54) is 0 Å². The van der Waals surface area contributed by atoms with Crippen LogP contribution in [0, 0.1) is 0 Å². The van der Waals surface area contributed by atoms with Crippen LogP contribution in [0.2, 0.25) is 0 Å². The van der Waals surface area contributed by atoms with Crippen molar-refractivity contribution in [3.8, 4) is 0 Å². The van der Waals surface area contributed by atoms with Crippen LogP contribution < -0.4 is 0 Å². The van der Waals surface area contributed by atoms with Crippen molar-refractivity contribution < 1.29 is 48.4 Å². The van der Waals surface area contributed by atoms with Gasteiger partial charge in [0.15, 0.2) is 0 Å². The summed E-state index contributed by atoms with van der Waals surface area (Å²) in [5.74, 6) is 0. The summed E-state index contributed by atoms with van der Waals surface area (Å²) in [5, 5.41) is 0. The van der Waals surface area contributed by atoms with Gasteiger partial charge >= 0.3 is 51.4 Å². The van der Waals surface area contributed by atoms with Gasteiger partial charge in [-0.15, -0.1) is 0 Å². The number of rotatable bonds is 0. The summed E-state index contributed by atoms with van der Waals surface area (Å²) in [4.78, 5) is 0. The van der Waals surface area contributed by atoms with Gasteiger partial charge in [0.2, 0.25) is 0 Å². The van der Waals surface area contributed by atoms with Gasteiger partial charge in [-0.2, -0.15) is 0 Å². The minimum atomic E-state index is 0. The van der Waals surface area contributed by atoms with Crippen molar-refractivity contribution in [2.75, 3.05) is 0 Å². The Bertz CT molecular complexity index is 11.6. The quantitative estimate of drug-likeness (QED) is 0.366. The average Bonchev–Trinajstić information content (AvgIpc) is 1.00. The summed E-state index contributed by atoms with van der Waals surface area (Å²) in [7, 11) is 0. The van der Waals surface area contributed by atoms with E-state index in [9.17, 15) is 0 Å². The standard InChI is InChI=1S/Hf.In.O.Sn.Zn.3H. The molecular weight excluding hydrogens is 493 g/mol. The molecule has 0 rings (SSSR count). The summed E-state index contributed by atoms with van der Waals surface area (Å²) in [6.07, 6.45) is 0. The third kappa shape index (κ3) is 19.5. The maximum atomic E-state index is 8.34. The number of hydrogen-bond donors (Lipinski definition) is 0. The first kappa shape index (κ1) is 24.6. The molecule has 0 aromatic rings. The molecule has 2 radical (unpaired) electrons. The second kappa shape index (κ2) is 28.2. The number of hydrogen-bond acceptors (Lipinski definition) is 1. The van der Waals surface area contributed by atoms with Crippen molar-refractivity contribution in [3.63, 3.8) is 0 Å². The van der Waals surface area contributed by atoms with Gasteiger partial charge in [-0.1, -0.05) is 0 Å². The molecule has 0 atom stereocenters. The van der Waals surface area contributed by atoms with Crippen molar-refractivity contribution in [3.05, 3.63) is 0 Å². The first-order chi connectivity index (χ1) is 1.00. The molecule has 5 heavy (non-hydrogen) atoms. The van der Waals surface area contributed by atoms with Crippen molar-refractivity contribution in [2.24, 2.45) is 0 Å². The monoisotopic (exact) mass is 498 g/mol. The van der Waals surface area contributed by atoms with Crippen LogP contribution in [0.1, 0.15) is 0 Å². The summed E-state index contributed by atoms with van der Waals surface area (Å²) in [6.45, 7) is 0. The maximum absolute atomic E-state index is 8.34. The molecule has 0 aliphatic rings. The van der Waals surface area contributed by atoms with Crippen LogP contribution in [-0.2, 0) is 48.4 Å². The van der Waals surface area contributed by atoms with E-state index in [4.69, 9.17) is 3.08 Å². The fraction of sp³-hybridized carbons (Fsp3) is 0. The molecule has 5 heteroatoms. The SMILES string of the molecule is [Hf].[InH3].[O]=[Sn].[Zn]. The van der Waals surface area contributed by atoms with Gasteiger partial charge in [-0.3, -0.25) is 0 Å². The molecular formula is H3HfInOSnZn. The predicted octanol–water partition coefficient (Wildman–Crippen LogP) is -1.69. The fourth-order valence-electron chi connectivity index (χ4n) is 0. The van der Waals surface area contributed by atoms with Gasteiger partial charge in [0.25, 0.3) is 0 Å². The van der Waals surface area contributed by atoms with Crippen molar-refractivity contribution in [1.29, 1.82) is 0 Å². The van der Waals surface area contributed by atoms with Crippen LogP contribution in [0.25, 0.3) is 0 Å². The van der Waals surface area contributed by atoms with Crippen LogP contribution in [0.5, 0.6) is 0 Å². The molecule has 0 aliphatic carbocycles. The molecule has 0 aromatic carbocycles. The zero-order valence-corrected chi connectivity index (χ0v) is 11.5. The predicted molar refractivity (Wildman–Crippen MR) is 16.4 cm³/mol. The van der Waals surface area contributed by atoms with Crippen molar-refractivity contribution in [2.45, 2.75) is 0 Å². The second-order valence-electron chi connectivity index (χ2n) is 0. The minimum Gasteiger partial charge on any atom is 0 e. The topological polar surface area (TPSA) is 17.1 Å². The Morgan fingerprint density at radius 1 is 1.20 bits per heavy atom. The molecule has 0 aliphatic heterocycles. The fourth-order valence-corrected chi connectivity index (χ4v) is 0. The van der Waals surface area contributed by atoms with Crippen LogP contribution in [0.3, 0.4) is 0 Å². The van der Waals surface area contributed by atoms with Crippen LogP contribution in [-0.4, -0.2) is 48.4 Å². The Kier molecular flexibility index (Phi) is 139. The summed E-state index contributed by atoms with van der Waals surface area (Å²) in [5.41, 5.74) is 0. The Balaban J connectivity index is -0.00000000167. The Morgan fingerprint density at radius 2 is 1.20 bits per heavy atom. The van der Waals surface area contributed by atoms with E-state index in [0.29, 0.717) is 22.5 Å². The van der Waals surface area contributed by atoms with E-state index < -0.39 is 0 Å². The Labute approximate surface area is 94.8 Å². The molecule has 0 aromatic heterocycles. The van der Waals surface area contributed by atoms with E-state index in [1.54, 1.807) is 0 Å². The normalized spacial score (nSPS) is 0.800. The van der Waals surface area contributed by atoms with Gasteiger partial charge in [0.1, 0.15) is 0 Å². The van der Waals surface area contributed by atoms with Gasteiger partial charge in [0.05, 0.1) is 0 Å². The van der Waals surface area contributed by atoms with Crippen LogP contribution in [0.4, 0.5) is 0 Å². The molecule has 22 valence electrons. The summed E-state index contributed by atoms with van der Waals surface area (Å²) >= 11 is 0.300. The first-order valence-electron chi connectivity index (χ1n) is 0.204. The van der Waals surface area contributed by atoms with Crippen LogP contribution in [0.15, 0.2) is 0 Å². The smallest absolute Gasteiger partial charge is 0 e. The molecule has 0 unspecified atom stereocenters. The minimum absolute atomic E-state index is 0. The largest absolute Gasteiger partial charge is 0 e. The van der Waals surface area contributed by atoms with Crippen molar-refractivity contribution >= 4 is 48.4 Å². The van der Waals surface area contributed by atoms with E-state index in [1.807, 2.05) is 0 Å². The molecule has 0 N–H and O–H groups in total. The molecule has 0 heterocycles. The Hall–Kier alpha value is 2.96. The first-order valence-corrected chi connectivity index (χ1v) is 1.37. The maximum Gasteiger partial charge on any atom is 0 e. The molecule has 0 bridgehead atoms. The molecule has 0 saturated carbocycles. The van der Waals surface area contributed by atoms with Gasteiger partial charge < -0.3 is 0 Å². The summed E-state index contributed by atoms with van der Waals surface area (Å²) in [6, 6.07) is 0.